The SMILES string of the molecule is COc1ncccc1CS(=O)(=O)C(C)C(=O)O. The molecule has 1 atom stereocenters. The number of aliphatic carboxylic acids is 1. The molecule has 1 aromatic rings. The molecule has 1 heterocycles. The predicted octanol–water partition coefficient (Wildman–Crippen LogP) is 0.478. The molecule has 1 N–H and O–H groups in total. The van der Waals surface area contributed by atoms with Crippen LogP contribution in [-0.2, 0) is 20.4 Å². The highest BCUT2D eigenvalue weighted by Crippen LogP contribution is 2.19. The highest BCUT2D eigenvalue weighted by Gasteiger charge is 2.28. The molecule has 0 aliphatic carbocycles. The number of sulfone groups is 1. The van der Waals surface area contributed by atoms with Gasteiger partial charge in [-0.25, -0.2) is 13.4 Å². The number of hydrogen-bond donors (Lipinski definition) is 1. The average molecular weight is 259 g/mol. The van der Waals surface area contributed by atoms with Gasteiger partial charge in [0.2, 0.25) is 5.88 Å². The summed E-state index contributed by atoms with van der Waals surface area (Å²) in [5.41, 5.74) is 0.350. The minimum atomic E-state index is -3.76. The van der Waals surface area contributed by atoms with Crippen LogP contribution in [0.4, 0.5) is 0 Å². The lowest BCUT2D eigenvalue weighted by atomic mass is 10.3. The summed E-state index contributed by atoms with van der Waals surface area (Å²) in [6, 6.07) is 3.11. The zero-order valence-corrected chi connectivity index (χ0v) is 10.3. The molecule has 6 nitrogen and oxygen atoms in total. The molecule has 1 unspecified atom stereocenters. The van der Waals surface area contributed by atoms with E-state index in [-0.39, 0.29) is 5.88 Å². The minimum Gasteiger partial charge on any atom is -0.481 e. The van der Waals surface area contributed by atoms with Gasteiger partial charge in [0.1, 0.15) is 0 Å². The van der Waals surface area contributed by atoms with Gasteiger partial charge in [-0.2, -0.15) is 0 Å². The third-order valence-corrected chi connectivity index (χ3v) is 4.28. The lowest BCUT2D eigenvalue weighted by Crippen LogP contribution is -2.28. The Morgan fingerprint density at radius 1 is 1.59 bits per heavy atom. The number of carbonyl (C=O) groups is 1. The first kappa shape index (κ1) is 13.4. The van der Waals surface area contributed by atoms with E-state index in [9.17, 15) is 13.2 Å². The zero-order valence-electron chi connectivity index (χ0n) is 9.45. The van der Waals surface area contributed by atoms with E-state index in [1.54, 1.807) is 6.07 Å². The average Bonchev–Trinajstić information content (AvgIpc) is 2.28. The van der Waals surface area contributed by atoms with Crippen molar-refractivity contribution in [1.29, 1.82) is 0 Å². The van der Waals surface area contributed by atoms with Crippen LogP contribution in [0.25, 0.3) is 0 Å². The first-order valence-electron chi connectivity index (χ1n) is 4.80. The monoisotopic (exact) mass is 259 g/mol. The predicted molar refractivity (Wildman–Crippen MR) is 60.5 cm³/mol. The van der Waals surface area contributed by atoms with Gasteiger partial charge in [0.25, 0.3) is 0 Å². The van der Waals surface area contributed by atoms with Gasteiger partial charge < -0.3 is 9.84 Å². The Morgan fingerprint density at radius 3 is 2.76 bits per heavy atom. The number of methoxy groups -OCH3 is 1. The van der Waals surface area contributed by atoms with E-state index in [0.29, 0.717) is 5.56 Å². The molecule has 0 aliphatic rings. The Balaban J connectivity index is 3.02. The quantitative estimate of drug-likeness (QED) is 0.826. The molecule has 0 aliphatic heterocycles. The molecule has 17 heavy (non-hydrogen) atoms. The van der Waals surface area contributed by atoms with Gasteiger partial charge >= 0.3 is 5.97 Å². The summed E-state index contributed by atoms with van der Waals surface area (Å²) in [5, 5.41) is 7.24. The molecule has 1 aromatic heterocycles. The van der Waals surface area contributed by atoms with Crippen LogP contribution >= 0.6 is 0 Å². The van der Waals surface area contributed by atoms with Crippen molar-refractivity contribution in [1.82, 2.24) is 4.98 Å². The second-order valence-corrected chi connectivity index (χ2v) is 5.78. The number of carboxylic acids is 1. The highest BCUT2D eigenvalue weighted by atomic mass is 32.2. The van der Waals surface area contributed by atoms with E-state index >= 15 is 0 Å². The third kappa shape index (κ3) is 3.16. The Labute approximate surface area is 99.2 Å². The number of aromatic nitrogens is 1. The van der Waals surface area contributed by atoms with Crippen molar-refractivity contribution >= 4 is 15.8 Å². The summed E-state index contributed by atoms with van der Waals surface area (Å²) >= 11 is 0. The van der Waals surface area contributed by atoms with E-state index in [1.165, 1.54) is 19.4 Å². The maximum atomic E-state index is 11.7. The summed E-state index contributed by atoms with van der Waals surface area (Å²) in [5.74, 6) is -1.58. The number of hydrogen-bond acceptors (Lipinski definition) is 5. The standard InChI is InChI=1S/C10H13NO5S/c1-7(10(12)13)17(14,15)6-8-4-3-5-11-9(8)16-2/h3-5,7H,6H2,1-2H3,(H,12,13). The van der Waals surface area contributed by atoms with Crippen molar-refractivity contribution < 1.29 is 23.1 Å². The van der Waals surface area contributed by atoms with Gasteiger partial charge in [0.15, 0.2) is 15.1 Å². The van der Waals surface area contributed by atoms with Crippen molar-refractivity contribution in [3.05, 3.63) is 23.9 Å². The van der Waals surface area contributed by atoms with Gasteiger partial charge in [-0.1, -0.05) is 6.07 Å². The Morgan fingerprint density at radius 2 is 2.24 bits per heavy atom. The largest absolute Gasteiger partial charge is 0.481 e. The van der Waals surface area contributed by atoms with Crippen LogP contribution in [0, 0.1) is 0 Å². The molecule has 0 saturated heterocycles. The molecule has 7 heteroatoms. The van der Waals surface area contributed by atoms with Crippen LogP contribution in [0.3, 0.4) is 0 Å². The molecule has 1 rings (SSSR count). The third-order valence-electron chi connectivity index (χ3n) is 2.29. The number of nitrogens with zero attached hydrogens (tertiary/aromatic N) is 1. The smallest absolute Gasteiger partial charge is 0.321 e. The molecule has 0 spiro atoms. The number of rotatable bonds is 5. The number of pyridine rings is 1. The molecule has 0 fully saturated rings. The molecular formula is C10H13NO5S. The molecule has 0 amide bonds. The fraction of sp³-hybridized carbons (Fsp3) is 0.400. The summed E-state index contributed by atoms with van der Waals surface area (Å²) in [6.07, 6.45) is 1.47. The van der Waals surface area contributed by atoms with Gasteiger partial charge in [0.05, 0.1) is 12.9 Å². The van der Waals surface area contributed by atoms with Crippen LogP contribution in [0.5, 0.6) is 5.88 Å². The Hall–Kier alpha value is -1.63. The molecule has 0 radical (unpaired) electrons. The van der Waals surface area contributed by atoms with Crippen LogP contribution in [0.2, 0.25) is 0 Å². The summed E-state index contributed by atoms with van der Waals surface area (Å²) in [7, 11) is -2.39. The zero-order chi connectivity index (χ0) is 13.1. The van der Waals surface area contributed by atoms with Crippen molar-refractivity contribution in [2.75, 3.05) is 7.11 Å². The fourth-order valence-corrected chi connectivity index (χ4v) is 2.42. The van der Waals surface area contributed by atoms with E-state index in [2.05, 4.69) is 4.98 Å². The van der Waals surface area contributed by atoms with Crippen LogP contribution in [0.1, 0.15) is 12.5 Å². The van der Waals surface area contributed by atoms with Crippen LogP contribution in [-0.4, -0.2) is 36.8 Å². The molecule has 0 bridgehead atoms. The maximum Gasteiger partial charge on any atom is 0.321 e. The molecular weight excluding hydrogens is 246 g/mol. The van der Waals surface area contributed by atoms with Crippen molar-refractivity contribution in [3.8, 4) is 5.88 Å². The summed E-state index contributed by atoms with van der Waals surface area (Å²) in [4.78, 5) is 14.5. The summed E-state index contributed by atoms with van der Waals surface area (Å²) < 4.78 is 28.4. The van der Waals surface area contributed by atoms with Gasteiger partial charge in [-0.15, -0.1) is 0 Å². The van der Waals surface area contributed by atoms with Gasteiger partial charge in [-0.3, -0.25) is 4.79 Å². The van der Waals surface area contributed by atoms with E-state index in [4.69, 9.17) is 9.84 Å². The van der Waals surface area contributed by atoms with Crippen LogP contribution in [0.15, 0.2) is 18.3 Å². The van der Waals surface area contributed by atoms with Crippen molar-refractivity contribution in [3.63, 3.8) is 0 Å². The lowest BCUT2D eigenvalue weighted by Gasteiger charge is -2.10. The molecule has 0 aromatic carbocycles. The lowest BCUT2D eigenvalue weighted by molar-refractivity contribution is -0.136. The maximum absolute atomic E-state index is 11.7. The summed E-state index contributed by atoms with van der Waals surface area (Å²) in [6.45, 7) is 1.14. The Kier molecular flexibility index (Phi) is 4.06. The number of carboxylic acid groups (broad SMARTS) is 1. The van der Waals surface area contributed by atoms with Gasteiger partial charge in [0, 0.05) is 11.8 Å². The Bertz CT molecular complexity index is 511. The van der Waals surface area contributed by atoms with E-state index in [0.717, 1.165) is 6.92 Å². The van der Waals surface area contributed by atoms with Gasteiger partial charge in [-0.05, 0) is 13.0 Å². The van der Waals surface area contributed by atoms with Crippen LogP contribution < -0.4 is 4.74 Å². The minimum absolute atomic E-state index is 0.189. The first-order chi connectivity index (χ1) is 7.88. The molecule has 94 valence electrons. The van der Waals surface area contributed by atoms with Crippen molar-refractivity contribution in [2.45, 2.75) is 17.9 Å². The van der Waals surface area contributed by atoms with Crippen molar-refractivity contribution in [2.24, 2.45) is 0 Å². The van der Waals surface area contributed by atoms with E-state index in [1.807, 2.05) is 0 Å². The van der Waals surface area contributed by atoms with E-state index < -0.39 is 26.8 Å². The topological polar surface area (TPSA) is 93.6 Å². The second kappa shape index (κ2) is 5.13. The number of ether oxygens (including phenoxy) is 1. The first-order valence-corrected chi connectivity index (χ1v) is 6.52. The normalized spacial score (nSPS) is 13.1. The highest BCUT2D eigenvalue weighted by molar-refractivity contribution is 7.92. The second-order valence-electron chi connectivity index (χ2n) is 3.46. The fourth-order valence-electron chi connectivity index (χ4n) is 1.21. The molecule has 0 saturated carbocycles.